The number of hydrogen-bond acceptors (Lipinski definition) is 2. The second-order valence-corrected chi connectivity index (χ2v) is 4.45. The first kappa shape index (κ1) is 16.8. The number of hydrogen-bond donors (Lipinski definition) is 3. The first-order chi connectivity index (χ1) is 9.69. The van der Waals surface area contributed by atoms with Crippen molar-refractivity contribution < 1.29 is 22.8 Å². The van der Waals surface area contributed by atoms with E-state index in [1.165, 1.54) is 0 Å². The monoisotopic (exact) mass is 303 g/mol. The summed E-state index contributed by atoms with van der Waals surface area (Å²) >= 11 is 0. The Morgan fingerprint density at radius 3 is 2.43 bits per heavy atom. The molecular weight excluding hydrogens is 287 g/mol. The number of carbonyl (C=O) groups excluding carboxylic acids is 2. The van der Waals surface area contributed by atoms with E-state index in [-0.39, 0.29) is 0 Å². The zero-order chi connectivity index (χ0) is 16.0. The number of nitrogens with one attached hydrogen (secondary N) is 3. The summed E-state index contributed by atoms with van der Waals surface area (Å²) in [5, 5.41) is 6.23. The Morgan fingerprint density at radius 2 is 1.81 bits per heavy atom. The van der Waals surface area contributed by atoms with Crippen molar-refractivity contribution >= 4 is 17.6 Å². The molecule has 1 aromatic rings. The van der Waals surface area contributed by atoms with Crippen LogP contribution in [-0.2, 0) is 4.79 Å². The van der Waals surface area contributed by atoms with Crippen LogP contribution in [0.15, 0.2) is 18.2 Å². The molecule has 0 aliphatic rings. The maximum Gasteiger partial charge on any atom is 0.405 e. The van der Waals surface area contributed by atoms with Gasteiger partial charge in [-0.05, 0) is 31.0 Å². The van der Waals surface area contributed by atoms with Crippen molar-refractivity contribution in [2.24, 2.45) is 0 Å². The number of aryl methyl sites for hydroxylation is 1. The lowest BCUT2D eigenvalue weighted by Crippen LogP contribution is -2.43. The van der Waals surface area contributed by atoms with Crippen LogP contribution in [0, 0.1) is 13.8 Å². The summed E-state index contributed by atoms with van der Waals surface area (Å²) in [4.78, 5) is 22.7. The molecule has 3 N–H and O–H groups in total. The summed E-state index contributed by atoms with van der Waals surface area (Å²) in [5.41, 5.74) is 2.47. The summed E-state index contributed by atoms with van der Waals surface area (Å²) in [5.74, 6) is -0.522. The molecule has 0 saturated carbocycles. The molecule has 5 nitrogen and oxygen atoms in total. The lowest BCUT2D eigenvalue weighted by Gasteiger charge is -2.12. The minimum atomic E-state index is -4.49. The van der Waals surface area contributed by atoms with Gasteiger partial charge in [-0.25, -0.2) is 4.79 Å². The molecule has 0 aliphatic heterocycles. The van der Waals surface area contributed by atoms with Crippen molar-refractivity contribution in [3.05, 3.63) is 29.3 Å². The van der Waals surface area contributed by atoms with Gasteiger partial charge in [-0.15, -0.1) is 0 Å². The van der Waals surface area contributed by atoms with Crippen molar-refractivity contribution in [1.82, 2.24) is 10.6 Å². The van der Waals surface area contributed by atoms with Gasteiger partial charge < -0.3 is 16.0 Å². The van der Waals surface area contributed by atoms with E-state index < -0.39 is 31.2 Å². The summed E-state index contributed by atoms with van der Waals surface area (Å²) in [7, 11) is 0. The van der Waals surface area contributed by atoms with Crippen LogP contribution in [0.1, 0.15) is 11.1 Å². The van der Waals surface area contributed by atoms with Gasteiger partial charge >= 0.3 is 12.2 Å². The zero-order valence-corrected chi connectivity index (χ0v) is 11.6. The van der Waals surface area contributed by atoms with Crippen LogP contribution < -0.4 is 16.0 Å². The van der Waals surface area contributed by atoms with Gasteiger partial charge in [0.25, 0.3) is 0 Å². The number of alkyl halides is 3. The first-order valence-corrected chi connectivity index (χ1v) is 6.13. The molecule has 0 saturated heterocycles. The lowest BCUT2D eigenvalue weighted by molar-refractivity contribution is -0.122. The summed E-state index contributed by atoms with van der Waals surface area (Å²) in [6.07, 6.45) is -4.49. The molecule has 0 bridgehead atoms. The molecule has 21 heavy (non-hydrogen) atoms. The Balaban J connectivity index is 2.41. The van der Waals surface area contributed by atoms with Crippen LogP contribution >= 0.6 is 0 Å². The number of halogens is 3. The highest BCUT2D eigenvalue weighted by atomic mass is 19.4. The van der Waals surface area contributed by atoms with E-state index in [0.717, 1.165) is 11.1 Å². The normalized spacial score (nSPS) is 10.9. The van der Waals surface area contributed by atoms with E-state index in [9.17, 15) is 22.8 Å². The number of urea groups is 1. The van der Waals surface area contributed by atoms with E-state index in [1.54, 1.807) is 17.4 Å². The zero-order valence-electron chi connectivity index (χ0n) is 11.6. The Labute approximate surface area is 119 Å². The molecule has 0 atom stereocenters. The quantitative estimate of drug-likeness (QED) is 0.797. The predicted molar refractivity (Wildman–Crippen MR) is 72.0 cm³/mol. The molecule has 8 heteroatoms. The summed E-state index contributed by atoms with van der Waals surface area (Å²) < 4.78 is 35.6. The van der Waals surface area contributed by atoms with Gasteiger partial charge in [0.05, 0.1) is 6.54 Å². The largest absolute Gasteiger partial charge is 0.405 e. The molecule has 0 radical (unpaired) electrons. The fraction of sp³-hybridized carbons (Fsp3) is 0.385. The topological polar surface area (TPSA) is 70.2 Å². The Morgan fingerprint density at radius 1 is 1.14 bits per heavy atom. The standard InChI is InChI=1S/C13H16F3N3O2/c1-8-4-3-5-10(9(8)2)19-11(20)6-17-12(21)18-7-13(14,15)16/h3-5H,6-7H2,1-2H3,(H,19,20)(H2,17,18,21). The van der Waals surface area contributed by atoms with Gasteiger partial charge in [0.1, 0.15) is 6.54 Å². The van der Waals surface area contributed by atoms with Gasteiger partial charge in [-0.3, -0.25) is 4.79 Å². The second-order valence-electron chi connectivity index (χ2n) is 4.45. The number of benzene rings is 1. The number of amides is 3. The molecule has 0 spiro atoms. The molecule has 0 aliphatic carbocycles. The van der Waals surface area contributed by atoms with E-state index in [0.29, 0.717) is 5.69 Å². The summed E-state index contributed by atoms with van der Waals surface area (Å²) in [6.45, 7) is 1.84. The van der Waals surface area contributed by atoms with Crippen LogP contribution in [-0.4, -0.2) is 31.2 Å². The Hall–Kier alpha value is -2.25. The van der Waals surface area contributed by atoms with Gasteiger partial charge in [-0.1, -0.05) is 12.1 Å². The molecule has 1 rings (SSSR count). The fourth-order valence-corrected chi connectivity index (χ4v) is 1.48. The lowest BCUT2D eigenvalue weighted by atomic mass is 10.1. The third-order valence-electron chi connectivity index (χ3n) is 2.74. The average Bonchev–Trinajstić information content (AvgIpc) is 2.38. The third kappa shape index (κ3) is 6.15. The van der Waals surface area contributed by atoms with Crippen LogP contribution in [0.25, 0.3) is 0 Å². The molecule has 3 amide bonds. The van der Waals surface area contributed by atoms with E-state index in [1.807, 2.05) is 25.2 Å². The van der Waals surface area contributed by atoms with Gasteiger partial charge in [0, 0.05) is 5.69 Å². The predicted octanol–water partition coefficient (Wildman–Crippen LogP) is 2.10. The van der Waals surface area contributed by atoms with Gasteiger partial charge in [0.15, 0.2) is 0 Å². The van der Waals surface area contributed by atoms with Gasteiger partial charge in [0.2, 0.25) is 5.91 Å². The van der Waals surface area contributed by atoms with Crippen LogP contribution in [0.4, 0.5) is 23.7 Å². The number of anilines is 1. The van der Waals surface area contributed by atoms with E-state index in [2.05, 4.69) is 5.32 Å². The first-order valence-electron chi connectivity index (χ1n) is 6.13. The average molecular weight is 303 g/mol. The summed E-state index contributed by atoms with van der Waals surface area (Å²) in [6, 6.07) is 4.29. The number of carbonyl (C=O) groups is 2. The Bertz CT molecular complexity index is 530. The molecule has 1 aromatic carbocycles. The minimum absolute atomic E-state index is 0.420. The molecular formula is C13H16F3N3O2. The SMILES string of the molecule is Cc1cccc(NC(=O)CNC(=O)NCC(F)(F)F)c1C. The van der Waals surface area contributed by atoms with Crippen LogP contribution in [0.5, 0.6) is 0 Å². The van der Waals surface area contributed by atoms with Crippen molar-refractivity contribution in [3.63, 3.8) is 0 Å². The Kier molecular flexibility index (Phi) is 5.57. The molecule has 0 fully saturated rings. The van der Waals surface area contributed by atoms with Crippen LogP contribution in [0.3, 0.4) is 0 Å². The number of rotatable bonds is 4. The molecule has 116 valence electrons. The minimum Gasteiger partial charge on any atom is -0.329 e. The highest BCUT2D eigenvalue weighted by Gasteiger charge is 2.27. The maximum atomic E-state index is 11.9. The molecule has 0 unspecified atom stereocenters. The maximum absolute atomic E-state index is 11.9. The van der Waals surface area contributed by atoms with Gasteiger partial charge in [-0.2, -0.15) is 13.2 Å². The fourth-order valence-electron chi connectivity index (χ4n) is 1.48. The molecule has 0 aromatic heterocycles. The molecule has 0 heterocycles. The van der Waals surface area contributed by atoms with E-state index in [4.69, 9.17) is 0 Å². The highest BCUT2D eigenvalue weighted by molar-refractivity contribution is 5.95. The van der Waals surface area contributed by atoms with E-state index >= 15 is 0 Å². The van der Waals surface area contributed by atoms with Crippen LogP contribution in [0.2, 0.25) is 0 Å². The van der Waals surface area contributed by atoms with Crippen molar-refractivity contribution in [3.8, 4) is 0 Å². The highest BCUT2D eigenvalue weighted by Crippen LogP contribution is 2.17. The second kappa shape index (κ2) is 6.96. The van der Waals surface area contributed by atoms with Crippen molar-refractivity contribution in [2.45, 2.75) is 20.0 Å². The van der Waals surface area contributed by atoms with Crippen molar-refractivity contribution in [2.75, 3.05) is 18.4 Å². The third-order valence-corrected chi connectivity index (χ3v) is 2.74. The van der Waals surface area contributed by atoms with Crippen molar-refractivity contribution in [1.29, 1.82) is 0 Å². The smallest absolute Gasteiger partial charge is 0.329 e.